The molecule has 2 nitrogen and oxygen atoms in total. The van der Waals surface area contributed by atoms with Crippen molar-refractivity contribution in [2.75, 3.05) is 13.2 Å². The molecule has 0 N–H and O–H groups in total. The Balaban J connectivity index is 1.64. The van der Waals surface area contributed by atoms with Crippen molar-refractivity contribution < 1.29 is 9.47 Å². The number of hydrogen-bond acceptors (Lipinski definition) is 2. The summed E-state index contributed by atoms with van der Waals surface area (Å²) in [5.41, 5.74) is 0. The van der Waals surface area contributed by atoms with Gasteiger partial charge >= 0.3 is 0 Å². The number of rotatable bonds is 4. The molecular weight excluding hydrogens is 212 g/mol. The molecule has 0 spiro atoms. The maximum Gasteiger partial charge on any atom is 0.157 e. The Morgan fingerprint density at radius 1 is 0.941 bits per heavy atom. The zero-order valence-corrected chi connectivity index (χ0v) is 11.5. The second-order valence-corrected chi connectivity index (χ2v) is 6.11. The zero-order valence-electron chi connectivity index (χ0n) is 11.5. The maximum absolute atomic E-state index is 5.75. The molecule has 0 bridgehead atoms. The molecule has 0 aromatic rings. The summed E-state index contributed by atoms with van der Waals surface area (Å²) in [6, 6.07) is 0. The molecule has 0 atom stereocenters. The summed E-state index contributed by atoms with van der Waals surface area (Å²) in [6.07, 6.45) is 9.66. The van der Waals surface area contributed by atoms with E-state index in [0.717, 1.165) is 31.5 Å². The maximum atomic E-state index is 5.75. The molecule has 1 saturated carbocycles. The van der Waals surface area contributed by atoms with Crippen molar-refractivity contribution in [1.29, 1.82) is 0 Å². The van der Waals surface area contributed by atoms with Crippen molar-refractivity contribution in [1.82, 2.24) is 0 Å². The van der Waals surface area contributed by atoms with Crippen molar-refractivity contribution in [3.8, 4) is 0 Å². The van der Waals surface area contributed by atoms with Gasteiger partial charge in [0.1, 0.15) is 0 Å². The lowest BCUT2D eigenvalue weighted by atomic mass is 9.79. The Kier molecular flexibility index (Phi) is 5.30. The molecule has 0 amide bonds. The lowest BCUT2D eigenvalue weighted by Crippen LogP contribution is -2.32. The van der Waals surface area contributed by atoms with Crippen LogP contribution >= 0.6 is 0 Å². The molecule has 2 heteroatoms. The van der Waals surface area contributed by atoms with E-state index in [-0.39, 0.29) is 6.29 Å². The van der Waals surface area contributed by atoms with E-state index in [0.29, 0.717) is 5.92 Å². The van der Waals surface area contributed by atoms with E-state index in [1.165, 1.54) is 38.5 Å². The molecule has 2 fully saturated rings. The second kappa shape index (κ2) is 6.75. The van der Waals surface area contributed by atoms with Gasteiger partial charge in [0.15, 0.2) is 6.29 Å². The van der Waals surface area contributed by atoms with Crippen LogP contribution in [0.2, 0.25) is 0 Å². The Bertz CT molecular complexity index is 201. The van der Waals surface area contributed by atoms with E-state index in [4.69, 9.17) is 9.47 Å². The van der Waals surface area contributed by atoms with Gasteiger partial charge in [-0.05, 0) is 24.7 Å². The smallest absolute Gasteiger partial charge is 0.157 e. The topological polar surface area (TPSA) is 18.5 Å². The Morgan fingerprint density at radius 3 is 2.12 bits per heavy atom. The largest absolute Gasteiger partial charge is 0.352 e. The van der Waals surface area contributed by atoms with Crippen LogP contribution in [-0.4, -0.2) is 19.5 Å². The average Bonchev–Trinajstić information content (AvgIpc) is 2.35. The van der Waals surface area contributed by atoms with Gasteiger partial charge in [0.2, 0.25) is 0 Å². The van der Waals surface area contributed by atoms with E-state index >= 15 is 0 Å². The first-order valence-electron chi connectivity index (χ1n) is 7.51. The van der Waals surface area contributed by atoms with Crippen LogP contribution in [-0.2, 0) is 9.47 Å². The van der Waals surface area contributed by atoms with Gasteiger partial charge in [0.25, 0.3) is 0 Å². The summed E-state index contributed by atoms with van der Waals surface area (Å²) in [7, 11) is 0. The average molecular weight is 240 g/mol. The van der Waals surface area contributed by atoms with Gasteiger partial charge in [0, 0.05) is 12.3 Å². The zero-order chi connectivity index (χ0) is 12.1. The van der Waals surface area contributed by atoms with Crippen molar-refractivity contribution >= 4 is 0 Å². The molecule has 0 aromatic carbocycles. The number of ether oxygens (including phenoxy) is 2. The Hall–Kier alpha value is -0.0800. The van der Waals surface area contributed by atoms with Gasteiger partial charge in [-0.2, -0.15) is 0 Å². The molecule has 1 aliphatic carbocycles. The first-order valence-corrected chi connectivity index (χ1v) is 7.51. The van der Waals surface area contributed by atoms with Crippen LogP contribution in [0.5, 0.6) is 0 Å². The summed E-state index contributed by atoms with van der Waals surface area (Å²) < 4.78 is 11.5. The quantitative estimate of drug-likeness (QED) is 0.739. The number of hydrogen-bond donors (Lipinski definition) is 0. The molecule has 100 valence electrons. The van der Waals surface area contributed by atoms with Crippen molar-refractivity contribution in [2.45, 2.75) is 65.1 Å². The van der Waals surface area contributed by atoms with Gasteiger partial charge in [0.05, 0.1) is 13.2 Å². The molecule has 1 heterocycles. The van der Waals surface area contributed by atoms with Gasteiger partial charge in [-0.3, -0.25) is 0 Å². The minimum absolute atomic E-state index is 0.0962. The molecule has 1 saturated heterocycles. The highest BCUT2D eigenvalue weighted by Gasteiger charge is 2.26. The minimum Gasteiger partial charge on any atom is -0.352 e. The third-order valence-corrected chi connectivity index (χ3v) is 4.32. The van der Waals surface area contributed by atoms with E-state index in [1.807, 2.05) is 0 Å². The highest BCUT2D eigenvalue weighted by molar-refractivity contribution is 4.74. The lowest BCUT2D eigenvalue weighted by molar-refractivity contribution is -0.206. The predicted molar refractivity (Wildman–Crippen MR) is 69.8 cm³/mol. The van der Waals surface area contributed by atoms with Gasteiger partial charge in [-0.15, -0.1) is 0 Å². The van der Waals surface area contributed by atoms with Crippen LogP contribution < -0.4 is 0 Å². The highest BCUT2D eigenvalue weighted by Crippen LogP contribution is 2.34. The van der Waals surface area contributed by atoms with E-state index < -0.39 is 0 Å². The molecule has 0 unspecified atom stereocenters. The third kappa shape index (κ3) is 4.26. The summed E-state index contributed by atoms with van der Waals surface area (Å²) in [6.45, 7) is 6.26. The van der Waals surface area contributed by atoms with E-state index in [1.54, 1.807) is 0 Å². The third-order valence-electron chi connectivity index (χ3n) is 4.32. The first-order chi connectivity index (χ1) is 8.28. The molecule has 1 aliphatic heterocycles. The fourth-order valence-corrected chi connectivity index (χ4v) is 3.21. The van der Waals surface area contributed by atoms with Crippen LogP contribution in [0, 0.1) is 17.8 Å². The normalized spacial score (nSPS) is 39.2. The predicted octanol–water partition coefficient (Wildman–Crippen LogP) is 3.99. The molecular formula is C15H28O2. The van der Waals surface area contributed by atoms with E-state index in [9.17, 15) is 0 Å². The minimum atomic E-state index is 0.0962. The van der Waals surface area contributed by atoms with Crippen LogP contribution in [0.25, 0.3) is 0 Å². The van der Waals surface area contributed by atoms with Crippen molar-refractivity contribution in [3.05, 3.63) is 0 Å². The molecule has 0 aromatic heterocycles. The molecule has 17 heavy (non-hydrogen) atoms. The molecule has 2 aliphatic rings. The van der Waals surface area contributed by atoms with Crippen LogP contribution in [0.4, 0.5) is 0 Å². The van der Waals surface area contributed by atoms with Gasteiger partial charge in [-0.1, -0.05) is 39.5 Å². The fourth-order valence-electron chi connectivity index (χ4n) is 3.21. The summed E-state index contributed by atoms with van der Waals surface area (Å²) in [5.74, 6) is 2.43. The van der Waals surface area contributed by atoms with Gasteiger partial charge in [-0.25, -0.2) is 0 Å². The van der Waals surface area contributed by atoms with Crippen LogP contribution in [0.3, 0.4) is 0 Å². The standard InChI is InChI=1S/C15H28O2/c1-3-4-13-5-7-14(8-6-13)9-15-16-10-12(2)11-17-15/h12-15H,3-11H2,1-2H3. The fraction of sp³-hybridized carbons (Fsp3) is 1.00. The molecule has 2 rings (SSSR count). The SMILES string of the molecule is CCCC1CCC(CC2OCC(C)CO2)CC1. The van der Waals surface area contributed by atoms with Crippen LogP contribution in [0.15, 0.2) is 0 Å². The van der Waals surface area contributed by atoms with E-state index in [2.05, 4.69) is 13.8 Å². The Labute approximate surface area is 106 Å². The van der Waals surface area contributed by atoms with Gasteiger partial charge < -0.3 is 9.47 Å². The summed E-state index contributed by atoms with van der Waals surface area (Å²) in [4.78, 5) is 0. The summed E-state index contributed by atoms with van der Waals surface area (Å²) in [5, 5.41) is 0. The van der Waals surface area contributed by atoms with Crippen molar-refractivity contribution in [2.24, 2.45) is 17.8 Å². The first kappa shape index (κ1) is 13.4. The Morgan fingerprint density at radius 2 is 1.53 bits per heavy atom. The lowest BCUT2D eigenvalue weighted by Gasteiger charge is -2.33. The highest BCUT2D eigenvalue weighted by atomic mass is 16.7. The summed E-state index contributed by atoms with van der Waals surface area (Å²) >= 11 is 0. The second-order valence-electron chi connectivity index (χ2n) is 6.11. The molecule has 0 radical (unpaired) electrons. The van der Waals surface area contributed by atoms with Crippen molar-refractivity contribution in [3.63, 3.8) is 0 Å². The van der Waals surface area contributed by atoms with Crippen LogP contribution in [0.1, 0.15) is 58.8 Å². The monoisotopic (exact) mass is 240 g/mol.